The lowest BCUT2D eigenvalue weighted by Gasteiger charge is -2.09. The van der Waals surface area contributed by atoms with Crippen LogP contribution in [0.4, 0.5) is 5.82 Å². The number of halogens is 1. The zero-order valence-corrected chi connectivity index (χ0v) is 12.0. The average molecular weight is 288 g/mol. The first-order valence-electron chi connectivity index (χ1n) is 6.31. The molecule has 0 fully saturated rings. The normalized spacial score (nSPS) is 11.4. The molecule has 0 unspecified atom stereocenters. The number of pyridine rings is 2. The van der Waals surface area contributed by atoms with Gasteiger partial charge in [0, 0.05) is 29.6 Å². The highest BCUT2D eigenvalue weighted by Crippen LogP contribution is 2.30. The average Bonchev–Trinajstić information content (AvgIpc) is 2.84. The third-order valence-corrected chi connectivity index (χ3v) is 3.43. The molecule has 0 saturated heterocycles. The molecule has 0 amide bonds. The molecule has 0 aliphatic carbocycles. The number of nitrogens with zero attached hydrogens (tertiary/aromatic N) is 4. The van der Waals surface area contributed by atoms with E-state index in [1.54, 1.807) is 24.7 Å². The molecule has 3 aromatic rings. The molecule has 0 bridgehead atoms. The maximum absolute atomic E-state index is 6.19. The lowest BCUT2D eigenvalue weighted by molar-refractivity contribution is 0.551. The monoisotopic (exact) mass is 287 g/mol. The molecule has 0 atom stereocenters. The van der Waals surface area contributed by atoms with E-state index in [-0.39, 0.29) is 6.04 Å². The van der Waals surface area contributed by atoms with Gasteiger partial charge in [-0.05, 0) is 26.0 Å². The highest BCUT2D eigenvalue weighted by atomic mass is 35.5. The van der Waals surface area contributed by atoms with Gasteiger partial charge in [-0.1, -0.05) is 11.6 Å². The molecule has 2 N–H and O–H groups in total. The van der Waals surface area contributed by atoms with Gasteiger partial charge < -0.3 is 5.73 Å². The standard InChI is InChI=1S/C14H14ClN5/c1-8(2)20-13-3-9(5-17-12(13)7-19-20)10-4-14(16)18-6-11(10)15/h3-8H,1-2H3,(H2,16,18). The molecule has 5 nitrogen and oxygen atoms in total. The first-order valence-corrected chi connectivity index (χ1v) is 6.68. The van der Waals surface area contributed by atoms with Gasteiger partial charge in [0.05, 0.1) is 16.7 Å². The van der Waals surface area contributed by atoms with E-state index in [2.05, 4.69) is 28.9 Å². The van der Waals surface area contributed by atoms with Crippen molar-refractivity contribution in [2.75, 3.05) is 5.73 Å². The van der Waals surface area contributed by atoms with Crippen molar-refractivity contribution in [1.82, 2.24) is 19.7 Å². The van der Waals surface area contributed by atoms with Gasteiger partial charge in [0.15, 0.2) is 0 Å². The molecule has 6 heteroatoms. The van der Waals surface area contributed by atoms with E-state index in [0.29, 0.717) is 10.8 Å². The number of nitrogen functional groups attached to an aromatic ring is 1. The molecule has 3 rings (SSSR count). The Labute approximate surface area is 121 Å². The smallest absolute Gasteiger partial charge is 0.124 e. The number of nitrogens with two attached hydrogens (primary N) is 1. The Hall–Kier alpha value is -2.14. The lowest BCUT2D eigenvalue weighted by atomic mass is 10.1. The molecule has 0 aromatic carbocycles. The molecule has 3 heterocycles. The molecule has 0 aliphatic rings. The van der Waals surface area contributed by atoms with Gasteiger partial charge in [-0.15, -0.1) is 0 Å². The first-order chi connectivity index (χ1) is 9.56. The van der Waals surface area contributed by atoms with Gasteiger partial charge >= 0.3 is 0 Å². The minimum atomic E-state index is 0.266. The summed E-state index contributed by atoms with van der Waals surface area (Å²) in [5.41, 5.74) is 9.29. The van der Waals surface area contributed by atoms with Gasteiger partial charge in [-0.2, -0.15) is 5.10 Å². The van der Waals surface area contributed by atoms with E-state index < -0.39 is 0 Å². The molecular formula is C14H14ClN5. The molecule has 0 saturated carbocycles. The van der Waals surface area contributed by atoms with Crippen LogP contribution >= 0.6 is 11.6 Å². The summed E-state index contributed by atoms with van der Waals surface area (Å²) in [6, 6.07) is 4.04. The Bertz CT molecular complexity index is 778. The molecular weight excluding hydrogens is 274 g/mol. The number of aromatic nitrogens is 4. The Kier molecular flexibility index (Phi) is 3.06. The maximum atomic E-state index is 6.19. The van der Waals surface area contributed by atoms with Gasteiger partial charge in [-0.3, -0.25) is 9.67 Å². The minimum Gasteiger partial charge on any atom is -0.384 e. The van der Waals surface area contributed by atoms with E-state index in [1.165, 1.54) is 0 Å². The fraction of sp³-hybridized carbons (Fsp3) is 0.214. The summed E-state index contributed by atoms with van der Waals surface area (Å²) in [4.78, 5) is 8.40. The summed E-state index contributed by atoms with van der Waals surface area (Å²) in [5.74, 6) is 0.432. The fourth-order valence-corrected chi connectivity index (χ4v) is 2.37. The minimum absolute atomic E-state index is 0.266. The summed E-state index contributed by atoms with van der Waals surface area (Å²) < 4.78 is 1.93. The Balaban J connectivity index is 2.21. The van der Waals surface area contributed by atoms with Crippen molar-refractivity contribution < 1.29 is 0 Å². The predicted octanol–water partition coefficient (Wildman–Crippen LogP) is 3.31. The van der Waals surface area contributed by atoms with Crippen LogP contribution in [0.25, 0.3) is 22.2 Å². The topological polar surface area (TPSA) is 69.6 Å². The first kappa shape index (κ1) is 12.9. The second kappa shape index (κ2) is 4.76. The number of fused-ring (bicyclic) bond motifs is 1. The van der Waals surface area contributed by atoms with Crippen molar-refractivity contribution in [3.05, 3.63) is 35.7 Å². The van der Waals surface area contributed by atoms with E-state index >= 15 is 0 Å². The molecule has 0 radical (unpaired) electrons. The largest absolute Gasteiger partial charge is 0.384 e. The summed E-state index contributed by atoms with van der Waals surface area (Å²) in [5, 5.41) is 4.91. The van der Waals surface area contributed by atoms with Crippen LogP contribution in [0.1, 0.15) is 19.9 Å². The summed E-state index contributed by atoms with van der Waals surface area (Å²) in [6.45, 7) is 4.16. The number of hydrogen-bond acceptors (Lipinski definition) is 4. The lowest BCUT2D eigenvalue weighted by Crippen LogP contribution is -2.02. The molecule has 20 heavy (non-hydrogen) atoms. The van der Waals surface area contributed by atoms with Crippen molar-refractivity contribution in [2.24, 2.45) is 0 Å². The highest BCUT2D eigenvalue weighted by molar-refractivity contribution is 6.33. The molecule has 102 valence electrons. The zero-order chi connectivity index (χ0) is 14.3. The third-order valence-electron chi connectivity index (χ3n) is 3.13. The highest BCUT2D eigenvalue weighted by Gasteiger charge is 2.11. The van der Waals surface area contributed by atoms with Crippen LogP contribution in [-0.4, -0.2) is 19.7 Å². The van der Waals surface area contributed by atoms with E-state index in [9.17, 15) is 0 Å². The van der Waals surface area contributed by atoms with Crippen LogP contribution in [0, 0.1) is 0 Å². The SMILES string of the molecule is CC(C)n1ncc2ncc(-c3cc(N)ncc3Cl)cc21. The molecule has 0 aliphatic heterocycles. The molecule has 0 spiro atoms. The van der Waals surface area contributed by atoms with Crippen molar-refractivity contribution in [2.45, 2.75) is 19.9 Å². The van der Waals surface area contributed by atoms with Crippen LogP contribution in [-0.2, 0) is 0 Å². The zero-order valence-electron chi connectivity index (χ0n) is 11.2. The van der Waals surface area contributed by atoms with E-state index in [0.717, 1.165) is 22.2 Å². The van der Waals surface area contributed by atoms with Gasteiger partial charge in [0.1, 0.15) is 11.3 Å². The van der Waals surface area contributed by atoms with E-state index in [4.69, 9.17) is 17.3 Å². The summed E-state index contributed by atoms with van der Waals surface area (Å²) in [6.07, 6.45) is 5.09. The van der Waals surface area contributed by atoms with Crippen molar-refractivity contribution in [3.8, 4) is 11.1 Å². The Morgan fingerprint density at radius 1 is 1.15 bits per heavy atom. The summed E-state index contributed by atoms with van der Waals surface area (Å²) >= 11 is 6.19. The van der Waals surface area contributed by atoms with Gasteiger partial charge in [-0.25, -0.2) is 4.98 Å². The van der Waals surface area contributed by atoms with Crippen molar-refractivity contribution in [1.29, 1.82) is 0 Å². The fourth-order valence-electron chi connectivity index (χ4n) is 2.16. The van der Waals surface area contributed by atoms with Gasteiger partial charge in [0.25, 0.3) is 0 Å². The predicted molar refractivity (Wildman–Crippen MR) is 80.6 cm³/mol. The van der Waals surface area contributed by atoms with Crippen LogP contribution in [0.15, 0.2) is 30.7 Å². The number of hydrogen-bond donors (Lipinski definition) is 1. The second-order valence-electron chi connectivity index (χ2n) is 4.90. The maximum Gasteiger partial charge on any atom is 0.124 e. The van der Waals surface area contributed by atoms with Crippen LogP contribution in [0.5, 0.6) is 0 Å². The number of anilines is 1. The van der Waals surface area contributed by atoms with Crippen molar-refractivity contribution in [3.63, 3.8) is 0 Å². The third kappa shape index (κ3) is 2.10. The quantitative estimate of drug-likeness (QED) is 0.785. The van der Waals surface area contributed by atoms with Crippen LogP contribution in [0.3, 0.4) is 0 Å². The second-order valence-corrected chi connectivity index (χ2v) is 5.31. The van der Waals surface area contributed by atoms with E-state index in [1.807, 2.05) is 10.7 Å². The van der Waals surface area contributed by atoms with Gasteiger partial charge in [0.2, 0.25) is 0 Å². The number of rotatable bonds is 2. The molecule has 3 aromatic heterocycles. The van der Waals surface area contributed by atoms with Crippen LogP contribution < -0.4 is 5.73 Å². The Morgan fingerprint density at radius 3 is 2.70 bits per heavy atom. The van der Waals surface area contributed by atoms with Crippen LogP contribution in [0.2, 0.25) is 5.02 Å². The summed E-state index contributed by atoms with van der Waals surface area (Å²) in [7, 11) is 0. The van der Waals surface area contributed by atoms with Crippen molar-refractivity contribution >= 4 is 28.5 Å². The Morgan fingerprint density at radius 2 is 1.95 bits per heavy atom.